The molecule has 1 rings (SSSR count). The second kappa shape index (κ2) is 51.2. The summed E-state index contributed by atoms with van der Waals surface area (Å²) < 4.78 is 11.3. The highest BCUT2D eigenvalue weighted by Crippen LogP contribution is 2.23. The minimum absolute atomic E-state index is 0.180. The molecule has 6 N–H and O–H groups in total. The number of carbonyl (C=O) groups excluding carboxylic acids is 1. The number of unbranched alkanes of at least 4 members (excludes halogenated alkanes) is 41. The summed E-state index contributed by atoms with van der Waals surface area (Å²) in [4.78, 5) is 13.1. The predicted octanol–water partition coefficient (Wildman–Crippen LogP) is 15.4. The number of allylic oxidation sites excluding steroid dienone is 3. The van der Waals surface area contributed by atoms with Crippen molar-refractivity contribution in [2.75, 3.05) is 13.2 Å². The number of aliphatic hydroxyl groups excluding tert-OH is 5. The highest BCUT2D eigenvalue weighted by atomic mass is 16.7. The molecular formula is C61H117NO8. The molecule has 0 aromatic carbocycles. The molecule has 1 aliphatic rings. The number of ether oxygens (including phenoxy) is 2. The van der Waals surface area contributed by atoms with E-state index in [0.29, 0.717) is 6.42 Å². The van der Waals surface area contributed by atoms with E-state index >= 15 is 0 Å². The fourth-order valence-electron chi connectivity index (χ4n) is 9.94. The Kier molecular flexibility index (Phi) is 48.7. The molecule has 0 radical (unpaired) electrons. The average Bonchev–Trinajstić information content (AvgIpc) is 3.36. The van der Waals surface area contributed by atoms with Crippen LogP contribution in [-0.4, -0.2) is 87.5 Å². The Morgan fingerprint density at radius 2 is 0.814 bits per heavy atom. The van der Waals surface area contributed by atoms with Gasteiger partial charge in [0.1, 0.15) is 24.4 Å². The summed E-state index contributed by atoms with van der Waals surface area (Å²) in [5, 5.41) is 54.6. The van der Waals surface area contributed by atoms with Gasteiger partial charge in [0.25, 0.3) is 0 Å². The second-order valence-electron chi connectivity index (χ2n) is 21.5. The van der Waals surface area contributed by atoms with Crippen LogP contribution in [0, 0.1) is 0 Å². The number of hydrogen-bond donors (Lipinski definition) is 6. The lowest BCUT2D eigenvalue weighted by molar-refractivity contribution is -0.302. The molecule has 0 bridgehead atoms. The third-order valence-electron chi connectivity index (χ3n) is 14.8. The molecule has 0 aromatic rings. The van der Waals surface area contributed by atoms with Crippen LogP contribution in [0.25, 0.3) is 0 Å². The smallest absolute Gasteiger partial charge is 0.220 e. The highest BCUT2D eigenvalue weighted by molar-refractivity contribution is 5.76. The summed E-state index contributed by atoms with van der Waals surface area (Å²) in [6.45, 7) is 3.81. The summed E-state index contributed by atoms with van der Waals surface area (Å²) in [6, 6.07) is -0.819. The molecule has 0 saturated carbocycles. The first-order valence-electron chi connectivity index (χ1n) is 30.6. The van der Waals surface area contributed by atoms with E-state index in [1.54, 1.807) is 6.08 Å². The van der Waals surface area contributed by atoms with Gasteiger partial charge in [0.15, 0.2) is 6.29 Å². The van der Waals surface area contributed by atoms with Gasteiger partial charge in [-0.15, -0.1) is 0 Å². The first-order valence-corrected chi connectivity index (χ1v) is 30.6. The zero-order chi connectivity index (χ0) is 50.8. The van der Waals surface area contributed by atoms with Crippen LogP contribution >= 0.6 is 0 Å². The first kappa shape index (κ1) is 66.7. The number of rotatable bonds is 53. The van der Waals surface area contributed by atoms with E-state index in [9.17, 15) is 30.3 Å². The summed E-state index contributed by atoms with van der Waals surface area (Å²) >= 11 is 0. The minimum Gasteiger partial charge on any atom is -0.394 e. The summed E-state index contributed by atoms with van der Waals surface area (Å²) in [5.41, 5.74) is 0. The molecule has 7 unspecified atom stereocenters. The minimum atomic E-state index is -1.57. The van der Waals surface area contributed by atoms with Crippen molar-refractivity contribution in [1.29, 1.82) is 0 Å². The zero-order valence-corrected chi connectivity index (χ0v) is 46.0. The third kappa shape index (κ3) is 40.1. The lowest BCUT2D eigenvalue weighted by atomic mass is 9.99. The van der Waals surface area contributed by atoms with E-state index in [1.165, 1.54) is 244 Å². The molecule has 0 aliphatic carbocycles. The van der Waals surface area contributed by atoms with Gasteiger partial charge in [-0.3, -0.25) is 4.79 Å². The molecule has 9 heteroatoms. The topological polar surface area (TPSA) is 149 Å². The number of nitrogens with one attached hydrogen (secondary N) is 1. The molecule has 9 nitrogen and oxygen atoms in total. The van der Waals surface area contributed by atoms with Gasteiger partial charge in [0, 0.05) is 6.42 Å². The zero-order valence-electron chi connectivity index (χ0n) is 46.0. The molecule has 414 valence electrons. The lowest BCUT2D eigenvalue weighted by Crippen LogP contribution is -2.60. The van der Waals surface area contributed by atoms with Crippen molar-refractivity contribution in [3.63, 3.8) is 0 Å². The molecule has 1 aliphatic heterocycles. The van der Waals surface area contributed by atoms with E-state index in [1.807, 2.05) is 6.08 Å². The number of amides is 1. The number of aliphatic hydroxyl groups is 5. The molecule has 70 heavy (non-hydrogen) atoms. The SMILES string of the molecule is CCCCCCCCCCCCCCCCCCCCC/C=C/CC/C=C/C(O)C(COC1OC(CO)C(O)C(O)C1O)NC(=O)CCCCCCCCCCCCCCCCCCCCCCCC. The monoisotopic (exact) mass is 992 g/mol. The van der Waals surface area contributed by atoms with Crippen LogP contribution < -0.4 is 5.32 Å². The molecule has 0 aromatic heterocycles. The lowest BCUT2D eigenvalue weighted by Gasteiger charge is -2.40. The Bertz CT molecular complexity index is 1150. The Hall–Kier alpha value is -1.33. The van der Waals surface area contributed by atoms with Gasteiger partial charge in [0.2, 0.25) is 5.91 Å². The van der Waals surface area contributed by atoms with E-state index < -0.39 is 49.5 Å². The highest BCUT2D eigenvalue weighted by Gasteiger charge is 2.44. The van der Waals surface area contributed by atoms with Gasteiger partial charge in [-0.2, -0.15) is 0 Å². The third-order valence-corrected chi connectivity index (χ3v) is 14.8. The Morgan fingerprint density at radius 1 is 0.471 bits per heavy atom. The quantitative estimate of drug-likeness (QED) is 0.0261. The summed E-state index contributed by atoms with van der Waals surface area (Å²) in [7, 11) is 0. The van der Waals surface area contributed by atoms with Crippen LogP contribution in [0.2, 0.25) is 0 Å². The molecule has 0 spiro atoms. The number of carbonyl (C=O) groups is 1. The largest absolute Gasteiger partial charge is 0.394 e. The molecular weight excluding hydrogens is 875 g/mol. The Labute approximate surface area is 432 Å². The van der Waals surface area contributed by atoms with E-state index in [-0.39, 0.29) is 12.5 Å². The van der Waals surface area contributed by atoms with Crippen LogP contribution in [0.1, 0.15) is 303 Å². The Balaban J connectivity index is 2.22. The maximum atomic E-state index is 13.1. The first-order chi connectivity index (χ1) is 34.3. The maximum Gasteiger partial charge on any atom is 0.220 e. The van der Waals surface area contributed by atoms with E-state index in [0.717, 1.165) is 38.5 Å². The van der Waals surface area contributed by atoms with Gasteiger partial charge < -0.3 is 40.3 Å². The van der Waals surface area contributed by atoms with E-state index in [2.05, 4.69) is 31.3 Å². The van der Waals surface area contributed by atoms with E-state index in [4.69, 9.17) is 9.47 Å². The van der Waals surface area contributed by atoms with Gasteiger partial charge in [-0.05, 0) is 32.1 Å². The molecule has 1 heterocycles. The van der Waals surface area contributed by atoms with Gasteiger partial charge in [-0.25, -0.2) is 0 Å². The van der Waals surface area contributed by atoms with Crippen LogP contribution in [0.15, 0.2) is 24.3 Å². The van der Waals surface area contributed by atoms with Crippen molar-refractivity contribution >= 4 is 5.91 Å². The van der Waals surface area contributed by atoms with Crippen molar-refractivity contribution in [1.82, 2.24) is 5.32 Å². The standard InChI is InChI=1S/C61H117NO8/c1-3-5-7-9-11-13-15-17-19-21-23-25-27-28-29-30-32-34-36-38-40-42-44-46-48-50-55(64)54(53-69-61-60(68)59(67)58(66)56(52-63)70-61)62-57(65)51-49-47-45-43-41-39-37-35-33-31-26-24-22-20-18-16-14-12-10-8-6-4-2/h40,42,48,50,54-56,58-61,63-64,66-68H,3-39,41,43-47,49,51-53H2,1-2H3,(H,62,65)/b42-40+,50-48+. The predicted molar refractivity (Wildman–Crippen MR) is 295 cm³/mol. The van der Waals surface area contributed by atoms with Crippen LogP contribution in [-0.2, 0) is 14.3 Å². The summed E-state index contributed by atoms with van der Waals surface area (Å²) in [5.74, 6) is -0.180. The van der Waals surface area contributed by atoms with Crippen LogP contribution in [0.5, 0.6) is 0 Å². The number of hydrogen-bond acceptors (Lipinski definition) is 8. The fraction of sp³-hybridized carbons (Fsp3) is 0.918. The van der Waals surface area contributed by atoms with Gasteiger partial charge in [-0.1, -0.05) is 289 Å². The van der Waals surface area contributed by atoms with Crippen molar-refractivity contribution in [3.8, 4) is 0 Å². The van der Waals surface area contributed by atoms with Gasteiger partial charge in [0.05, 0.1) is 25.4 Å². The van der Waals surface area contributed by atoms with Crippen molar-refractivity contribution in [2.24, 2.45) is 0 Å². The molecule has 1 amide bonds. The van der Waals surface area contributed by atoms with Crippen molar-refractivity contribution < 1.29 is 39.8 Å². The van der Waals surface area contributed by atoms with Crippen LogP contribution in [0.3, 0.4) is 0 Å². The fourth-order valence-corrected chi connectivity index (χ4v) is 9.94. The average molecular weight is 993 g/mol. The normalized spacial score (nSPS) is 19.4. The molecule has 1 fully saturated rings. The van der Waals surface area contributed by atoms with Crippen molar-refractivity contribution in [3.05, 3.63) is 24.3 Å². The van der Waals surface area contributed by atoms with Crippen molar-refractivity contribution in [2.45, 2.75) is 346 Å². The van der Waals surface area contributed by atoms with Gasteiger partial charge >= 0.3 is 0 Å². The molecule has 7 atom stereocenters. The Morgan fingerprint density at radius 3 is 1.20 bits per heavy atom. The summed E-state index contributed by atoms with van der Waals surface area (Å²) in [6.07, 6.45) is 58.3. The molecule has 1 saturated heterocycles. The van der Waals surface area contributed by atoms with Crippen LogP contribution in [0.4, 0.5) is 0 Å². The maximum absolute atomic E-state index is 13.1. The second-order valence-corrected chi connectivity index (χ2v) is 21.5.